The third-order valence-electron chi connectivity index (χ3n) is 2.26. The number of nitrogens with one attached hydrogen (secondary N) is 1. The minimum Gasteiger partial charge on any atom is -0.468 e. The van der Waals surface area contributed by atoms with Crippen molar-refractivity contribution in [2.24, 2.45) is 0 Å². The molecule has 7 heteroatoms. The first-order chi connectivity index (χ1) is 8.49. The summed E-state index contributed by atoms with van der Waals surface area (Å²) in [6.45, 7) is 0.0938. The van der Waals surface area contributed by atoms with Gasteiger partial charge in [-0.25, -0.2) is 13.1 Å². The Morgan fingerprint density at radius 3 is 2.78 bits per heavy atom. The zero-order valence-corrected chi connectivity index (χ0v) is 11.7. The fraction of sp³-hybridized carbons (Fsp3) is 0.0909. The van der Waals surface area contributed by atoms with Gasteiger partial charge in [-0.2, -0.15) is 0 Å². The predicted octanol–water partition coefficient (Wildman–Crippen LogP) is 2.10. The minimum atomic E-state index is -3.63. The zero-order chi connectivity index (χ0) is 13.2. The van der Waals surface area contributed by atoms with Crippen molar-refractivity contribution in [3.05, 3.63) is 46.8 Å². The first kappa shape index (κ1) is 13.1. The molecule has 1 aromatic carbocycles. The summed E-state index contributed by atoms with van der Waals surface area (Å²) in [4.78, 5) is 0.106. The van der Waals surface area contributed by atoms with Gasteiger partial charge in [0.1, 0.15) is 5.76 Å². The van der Waals surface area contributed by atoms with E-state index < -0.39 is 10.0 Å². The topological polar surface area (TPSA) is 85.3 Å². The Morgan fingerprint density at radius 2 is 2.11 bits per heavy atom. The maximum Gasteiger partial charge on any atom is 0.242 e. The van der Waals surface area contributed by atoms with Crippen LogP contribution in [0.2, 0.25) is 0 Å². The van der Waals surface area contributed by atoms with Gasteiger partial charge in [0, 0.05) is 10.2 Å². The molecule has 0 saturated heterocycles. The summed E-state index contributed by atoms with van der Waals surface area (Å²) in [5, 5.41) is 0. The van der Waals surface area contributed by atoms with Gasteiger partial charge in [-0.05, 0) is 46.3 Å². The van der Waals surface area contributed by atoms with E-state index in [0.717, 1.165) is 0 Å². The van der Waals surface area contributed by atoms with Crippen molar-refractivity contribution in [2.45, 2.75) is 11.4 Å². The van der Waals surface area contributed by atoms with Crippen LogP contribution in [0.5, 0.6) is 0 Å². The number of nitrogen functional groups attached to an aromatic ring is 1. The smallest absolute Gasteiger partial charge is 0.242 e. The Hall–Kier alpha value is -1.31. The van der Waals surface area contributed by atoms with Crippen molar-refractivity contribution in [3.8, 4) is 0 Å². The van der Waals surface area contributed by atoms with Crippen molar-refractivity contribution in [1.29, 1.82) is 0 Å². The number of anilines is 1. The lowest BCUT2D eigenvalue weighted by Crippen LogP contribution is -2.23. The van der Waals surface area contributed by atoms with E-state index in [2.05, 4.69) is 20.7 Å². The lowest BCUT2D eigenvalue weighted by molar-refractivity contribution is 0.498. The molecule has 0 bridgehead atoms. The highest BCUT2D eigenvalue weighted by atomic mass is 79.9. The van der Waals surface area contributed by atoms with Gasteiger partial charge in [0.25, 0.3) is 0 Å². The number of furan rings is 1. The monoisotopic (exact) mass is 330 g/mol. The van der Waals surface area contributed by atoms with Crippen molar-refractivity contribution in [2.75, 3.05) is 5.73 Å². The van der Waals surface area contributed by atoms with Crippen LogP contribution in [0.1, 0.15) is 5.76 Å². The number of rotatable bonds is 4. The zero-order valence-electron chi connectivity index (χ0n) is 9.26. The third-order valence-corrected chi connectivity index (χ3v) is 4.66. The lowest BCUT2D eigenvalue weighted by Gasteiger charge is -2.08. The summed E-state index contributed by atoms with van der Waals surface area (Å²) >= 11 is 3.19. The van der Waals surface area contributed by atoms with E-state index in [9.17, 15) is 8.42 Å². The molecule has 3 N–H and O–H groups in total. The molecule has 0 spiro atoms. The van der Waals surface area contributed by atoms with Crippen LogP contribution >= 0.6 is 15.9 Å². The number of halogens is 1. The minimum absolute atomic E-state index is 0.0938. The maximum absolute atomic E-state index is 12.1. The van der Waals surface area contributed by atoms with Crippen LogP contribution < -0.4 is 10.5 Å². The summed E-state index contributed by atoms with van der Waals surface area (Å²) in [6, 6.07) is 8.00. The molecule has 0 unspecified atom stereocenters. The van der Waals surface area contributed by atoms with Crippen LogP contribution in [0, 0.1) is 0 Å². The van der Waals surface area contributed by atoms with Gasteiger partial charge in [0.15, 0.2) is 0 Å². The average Bonchev–Trinajstić information content (AvgIpc) is 2.83. The largest absolute Gasteiger partial charge is 0.468 e. The van der Waals surface area contributed by atoms with Crippen molar-refractivity contribution in [3.63, 3.8) is 0 Å². The Labute approximate surface area is 113 Å². The molecular formula is C11H11BrN2O3S. The van der Waals surface area contributed by atoms with Gasteiger partial charge in [0.2, 0.25) is 10.0 Å². The molecule has 1 aromatic heterocycles. The Morgan fingerprint density at radius 1 is 1.33 bits per heavy atom. The highest BCUT2D eigenvalue weighted by Crippen LogP contribution is 2.24. The van der Waals surface area contributed by atoms with Gasteiger partial charge in [-0.1, -0.05) is 0 Å². The summed E-state index contributed by atoms with van der Waals surface area (Å²) in [5.74, 6) is 0.540. The average molecular weight is 331 g/mol. The summed E-state index contributed by atoms with van der Waals surface area (Å²) in [5.41, 5.74) is 5.97. The van der Waals surface area contributed by atoms with Crippen LogP contribution in [0.15, 0.2) is 50.4 Å². The maximum atomic E-state index is 12.1. The molecule has 0 aliphatic rings. The van der Waals surface area contributed by atoms with E-state index in [-0.39, 0.29) is 11.4 Å². The molecule has 2 aromatic rings. The summed E-state index contributed by atoms with van der Waals surface area (Å²) < 4.78 is 32.1. The van der Waals surface area contributed by atoms with E-state index in [0.29, 0.717) is 15.9 Å². The molecule has 0 amide bonds. The van der Waals surface area contributed by atoms with E-state index in [1.807, 2.05) is 0 Å². The predicted molar refractivity (Wildman–Crippen MR) is 71.3 cm³/mol. The molecular weight excluding hydrogens is 320 g/mol. The molecule has 0 saturated carbocycles. The molecule has 1 heterocycles. The molecule has 5 nitrogen and oxygen atoms in total. The molecule has 0 aliphatic heterocycles. The van der Waals surface area contributed by atoms with E-state index in [1.165, 1.54) is 12.3 Å². The Balaban J connectivity index is 2.22. The van der Waals surface area contributed by atoms with E-state index in [1.54, 1.807) is 24.3 Å². The van der Waals surface area contributed by atoms with Gasteiger partial charge < -0.3 is 10.2 Å². The highest BCUT2D eigenvalue weighted by Gasteiger charge is 2.18. The number of hydrogen-bond donors (Lipinski definition) is 2. The van der Waals surface area contributed by atoms with Crippen LogP contribution in [-0.2, 0) is 16.6 Å². The first-order valence-corrected chi connectivity index (χ1v) is 7.34. The molecule has 2 rings (SSSR count). The van der Waals surface area contributed by atoms with Crippen LogP contribution in [0.4, 0.5) is 5.69 Å². The third kappa shape index (κ3) is 2.92. The fourth-order valence-corrected chi connectivity index (χ4v) is 3.37. The van der Waals surface area contributed by atoms with Crippen molar-refractivity contribution < 1.29 is 12.8 Å². The molecule has 0 aliphatic carbocycles. The summed E-state index contributed by atoms with van der Waals surface area (Å²) in [7, 11) is -3.63. The molecule has 96 valence electrons. The van der Waals surface area contributed by atoms with Gasteiger partial charge in [-0.15, -0.1) is 0 Å². The second-order valence-corrected chi connectivity index (χ2v) is 6.18. The second kappa shape index (κ2) is 5.13. The van der Waals surface area contributed by atoms with Crippen molar-refractivity contribution in [1.82, 2.24) is 4.72 Å². The Bertz CT molecular complexity index is 638. The van der Waals surface area contributed by atoms with Crippen molar-refractivity contribution >= 4 is 31.6 Å². The standard InChI is InChI=1S/C11H11BrN2O3S/c12-10-4-3-8(13)6-11(10)18(15,16)14-7-9-2-1-5-17-9/h1-6,14H,7,13H2. The first-order valence-electron chi connectivity index (χ1n) is 5.06. The molecule has 0 radical (unpaired) electrons. The van der Waals surface area contributed by atoms with Crippen LogP contribution in [0.25, 0.3) is 0 Å². The quantitative estimate of drug-likeness (QED) is 0.840. The number of nitrogens with two attached hydrogens (primary N) is 1. The second-order valence-electron chi connectivity index (χ2n) is 3.59. The fourth-order valence-electron chi connectivity index (χ4n) is 1.38. The molecule has 0 fully saturated rings. The van der Waals surface area contributed by atoms with E-state index in [4.69, 9.17) is 10.2 Å². The van der Waals surface area contributed by atoms with Gasteiger partial charge >= 0.3 is 0 Å². The highest BCUT2D eigenvalue weighted by molar-refractivity contribution is 9.10. The number of benzene rings is 1. The van der Waals surface area contributed by atoms with Crippen LogP contribution in [0.3, 0.4) is 0 Å². The van der Waals surface area contributed by atoms with Gasteiger partial charge in [0.05, 0.1) is 17.7 Å². The number of sulfonamides is 1. The SMILES string of the molecule is Nc1ccc(Br)c(S(=O)(=O)NCc2ccco2)c1. The normalized spacial score (nSPS) is 11.6. The van der Waals surface area contributed by atoms with Crippen LogP contribution in [-0.4, -0.2) is 8.42 Å². The lowest BCUT2D eigenvalue weighted by atomic mass is 10.3. The molecule has 18 heavy (non-hydrogen) atoms. The Kier molecular flexibility index (Phi) is 3.74. The molecule has 0 atom stereocenters. The van der Waals surface area contributed by atoms with E-state index >= 15 is 0 Å². The number of hydrogen-bond acceptors (Lipinski definition) is 4. The van der Waals surface area contributed by atoms with Gasteiger partial charge in [-0.3, -0.25) is 0 Å². The summed E-state index contributed by atoms with van der Waals surface area (Å²) in [6.07, 6.45) is 1.49.